The second-order valence-electron chi connectivity index (χ2n) is 13.8. The van der Waals surface area contributed by atoms with Crippen molar-refractivity contribution in [2.75, 3.05) is 0 Å². The number of hydrogen-bond donors (Lipinski definition) is 1. The number of hydrogen-bond acceptors (Lipinski definition) is 4. The van der Waals surface area contributed by atoms with Gasteiger partial charge < -0.3 is 5.11 Å². The fourth-order valence-corrected chi connectivity index (χ4v) is 10.5. The summed E-state index contributed by atoms with van der Waals surface area (Å²) >= 11 is 0.0186. The summed E-state index contributed by atoms with van der Waals surface area (Å²) in [7, 11) is 0. The van der Waals surface area contributed by atoms with Gasteiger partial charge in [-0.05, 0) is 25.7 Å². The first-order chi connectivity index (χ1) is 22.5. The number of thiophene rings is 1. The van der Waals surface area contributed by atoms with Crippen molar-refractivity contribution in [3.05, 3.63) is 84.3 Å². The first kappa shape index (κ1) is 40.1. The molecule has 259 valence electrons. The summed E-state index contributed by atoms with van der Waals surface area (Å²) in [6.45, 7) is 12.7. The molecule has 0 saturated heterocycles. The van der Waals surface area contributed by atoms with E-state index in [0.29, 0.717) is 5.92 Å². The Balaban J connectivity index is 0.000000334. The van der Waals surface area contributed by atoms with Crippen LogP contribution in [0.2, 0.25) is 17.3 Å². The van der Waals surface area contributed by atoms with E-state index in [1.165, 1.54) is 42.6 Å². The fourth-order valence-electron chi connectivity index (χ4n) is 6.59. The van der Waals surface area contributed by atoms with Gasteiger partial charge in [0.2, 0.25) is 0 Å². The summed E-state index contributed by atoms with van der Waals surface area (Å²) in [6.07, 6.45) is 9.17. The van der Waals surface area contributed by atoms with Crippen LogP contribution >= 0.6 is 11.3 Å². The molecule has 1 N–H and O–H groups in total. The third-order valence-corrected chi connectivity index (χ3v) is 15.3. The largest absolute Gasteiger partial charge is 0 e. The van der Waals surface area contributed by atoms with Gasteiger partial charge in [0.15, 0.2) is 5.78 Å². The first-order valence-corrected chi connectivity index (χ1v) is 25.9. The summed E-state index contributed by atoms with van der Waals surface area (Å²) < 4.78 is 4.23. The molecule has 0 atom stereocenters. The number of fused-ring (bicyclic) bond motifs is 4. The Hall–Kier alpha value is -2.31. The van der Waals surface area contributed by atoms with Crippen molar-refractivity contribution >= 4 is 65.7 Å². The van der Waals surface area contributed by atoms with Gasteiger partial charge in [-0.15, -0.1) is 0 Å². The average molecular weight is 902 g/mol. The van der Waals surface area contributed by atoms with E-state index in [-0.39, 0.29) is 43.5 Å². The van der Waals surface area contributed by atoms with Crippen LogP contribution in [0, 0.1) is 17.9 Å². The van der Waals surface area contributed by atoms with Crippen LogP contribution in [-0.4, -0.2) is 29.1 Å². The molecule has 5 rings (SSSR count). The van der Waals surface area contributed by atoms with Crippen LogP contribution in [0.25, 0.3) is 42.2 Å². The zero-order valence-electron chi connectivity index (χ0n) is 30.4. The molecule has 2 heterocycles. The van der Waals surface area contributed by atoms with Gasteiger partial charge in [0.25, 0.3) is 0 Å². The third kappa shape index (κ3) is 9.07. The molecule has 6 heteroatoms. The van der Waals surface area contributed by atoms with Gasteiger partial charge in [0.05, 0.1) is 5.76 Å². The van der Waals surface area contributed by atoms with Crippen LogP contribution in [0.5, 0.6) is 0 Å². The molecule has 0 fully saturated rings. The molecule has 1 radical (unpaired) electrons. The number of carbonyl (C=O) groups excluding carboxylic acids is 1. The van der Waals surface area contributed by atoms with Gasteiger partial charge in [0, 0.05) is 38.0 Å². The van der Waals surface area contributed by atoms with Gasteiger partial charge in [0.1, 0.15) is 0 Å². The van der Waals surface area contributed by atoms with E-state index in [1.54, 1.807) is 4.40 Å². The molecule has 0 bridgehead atoms. The Morgan fingerprint density at radius 2 is 1.48 bits per heavy atom. The Kier molecular flexibility index (Phi) is 15.1. The number of pyridine rings is 1. The Bertz CT molecular complexity index is 1840. The zero-order valence-corrected chi connectivity index (χ0v) is 35.7. The van der Waals surface area contributed by atoms with Crippen LogP contribution in [0.1, 0.15) is 91.5 Å². The van der Waals surface area contributed by atoms with Crippen LogP contribution < -0.4 is 4.40 Å². The number of nitrogens with zero attached hydrogens (tertiary/aromatic N) is 1. The summed E-state index contributed by atoms with van der Waals surface area (Å²) in [5.74, 6) is 8.49. The van der Waals surface area contributed by atoms with Gasteiger partial charge in [-0.3, -0.25) is 4.79 Å². The van der Waals surface area contributed by atoms with E-state index in [1.807, 2.05) is 45.2 Å². The van der Waals surface area contributed by atoms with Crippen molar-refractivity contribution in [1.29, 1.82) is 0 Å². The number of rotatable bonds is 12. The molecule has 3 nitrogen and oxygen atoms in total. The van der Waals surface area contributed by atoms with E-state index >= 15 is 0 Å². The number of aliphatic hydroxyl groups is 1. The third-order valence-electron chi connectivity index (χ3n) is 9.82. The summed E-state index contributed by atoms with van der Waals surface area (Å²) in [6, 6.07) is 24.1. The fraction of sp³-hybridized carbons (Fsp3) is 0.429. The number of ketones is 1. The molecular formula is C42H54GeIrNO2S-. The van der Waals surface area contributed by atoms with Crippen molar-refractivity contribution in [2.24, 2.45) is 11.8 Å². The topological polar surface area (TPSA) is 50.2 Å². The molecule has 5 aromatic rings. The molecule has 48 heavy (non-hydrogen) atoms. The molecule has 0 amide bonds. The van der Waals surface area contributed by atoms with Gasteiger partial charge in [-0.1, -0.05) is 27.7 Å². The normalized spacial score (nSPS) is 12.2. The molecule has 0 unspecified atom stereocenters. The second-order valence-corrected chi connectivity index (χ2v) is 25.5. The minimum atomic E-state index is -1.87. The minimum Gasteiger partial charge on any atom is 0 e. The quantitative estimate of drug-likeness (QED) is 0.0587. The maximum absolute atomic E-state index is 11.7. The monoisotopic (exact) mass is 903 g/mol. The SMILES string of the molecule is CCC(CC)C(=O)/C=C(\O)C(CC)CC.CCC(CC)c1cc(-c2nccc3c2sc2c[c]([Ge]([CH3])([CH3])[CH3])ccc23)[c-]c2ccccc12.[Ir]. The Morgan fingerprint density at radius 3 is 2.08 bits per heavy atom. The smallest absolute Gasteiger partial charge is 0 e. The van der Waals surface area contributed by atoms with Crippen molar-refractivity contribution in [3.63, 3.8) is 0 Å². The second kappa shape index (κ2) is 18.1. The molecule has 3 aromatic carbocycles. The summed E-state index contributed by atoms with van der Waals surface area (Å²) in [5.41, 5.74) is 3.62. The van der Waals surface area contributed by atoms with Crippen molar-refractivity contribution in [1.82, 2.24) is 4.98 Å². The number of benzene rings is 3. The molecule has 0 aliphatic heterocycles. The average Bonchev–Trinajstić information content (AvgIpc) is 3.44. The standard InChI is InChI=1S/C29H30GeNS.C13H24O2.Ir/c1-6-19(7-2)26-17-21(16-20-10-8-9-11-23(20)26)28-29-25(14-15-31-28)24-13-12-22(30(3,4)5)18-27(24)32-29;1-5-10(6-2)12(14)9-13(15)11(7-3)8-4;/h8-15,17-19H,6-7H2,1-5H3;9-11,14H,5-8H2,1-4H3;/q-1;;/b;12-9-;. The number of allylic oxidation sites excluding steroid dienone is 2. The van der Waals surface area contributed by atoms with Gasteiger partial charge in [-0.25, -0.2) is 0 Å². The minimum absolute atomic E-state index is 0. The predicted molar refractivity (Wildman–Crippen MR) is 209 cm³/mol. The van der Waals surface area contributed by atoms with Crippen molar-refractivity contribution in [2.45, 2.75) is 103 Å². The Labute approximate surface area is 309 Å². The van der Waals surface area contributed by atoms with Crippen LogP contribution in [-0.2, 0) is 24.9 Å². The van der Waals surface area contributed by atoms with E-state index in [9.17, 15) is 9.90 Å². The van der Waals surface area contributed by atoms with E-state index in [0.717, 1.165) is 49.8 Å². The van der Waals surface area contributed by atoms with E-state index in [4.69, 9.17) is 4.98 Å². The number of aromatic nitrogens is 1. The maximum atomic E-state index is 11.7. The van der Waals surface area contributed by atoms with Crippen LogP contribution in [0.3, 0.4) is 0 Å². The van der Waals surface area contributed by atoms with Gasteiger partial charge in [-0.2, -0.15) is 0 Å². The summed E-state index contributed by atoms with van der Waals surface area (Å²) in [5, 5.41) is 14.9. The molecule has 0 spiro atoms. The number of aliphatic hydroxyl groups excluding tert-OH is 1. The Morgan fingerprint density at radius 1 is 0.833 bits per heavy atom. The number of carbonyl (C=O) groups is 1. The molecule has 0 aliphatic carbocycles. The van der Waals surface area contributed by atoms with Crippen molar-refractivity contribution in [3.8, 4) is 11.3 Å². The molecule has 0 aliphatic rings. The van der Waals surface area contributed by atoms with Gasteiger partial charge >= 0.3 is 198 Å². The van der Waals surface area contributed by atoms with Crippen molar-refractivity contribution < 1.29 is 30.0 Å². The van der Waals surface area contributed by atoms with Crippen LogP contribution in [0.4, 0.5) is 0 Å². The van der Waals surface area contributed by atoms with E-state index < -0.39 is 13.3 Å². The van der Waals surface area contributed by atoms with E-state index in [2.05, 4.69) is 91.8 Å². The molecule has 0 saturated carbocycles. The molecular weight excluding hydrogens is 847 g/mol. The first-order valence-electron chi connectivity index (χ1n) is 17.7. The van der Waals surface area contributed by atoms with Crippen LogP contribution in [0.15, 0.2) is 72.6 Å². The molecule has 2 aromatic heterocycles. The summed E-state index contributed by atoms with van der Waals surface area (Å²) in [4.78, 5) is 16.6. The maximum Gasteiger partial charge on any atom is 0 e. The predicted octanol–water partition coefficient (Wildman–Crippen LogP) is 12.4. The zero-order chi connectivity index (χ0) is 34.3.